The molecule has 1 aliphatic rings. The molecule has 0 amide bonds. The van der Waals surface area contributed by atoms with Crippen molar-refractivity contribution in [3.63, 3.8) is 0 Å². The number of rotatable bonds is 2. The van der Waals surface area contributed by atoms with Crippen molar-refractivity contribution in [2.75, 3.05) is 6.61 Å². The third-order valence-electron chi connectivity index (χ3n) is 1.79. The largest absolute Gasteiger partial charge is 0.368 e. The summed E-state index contributed by atoms with van der Waals surface area (Å²) in [6, 6.07) is 0. The van der Waals surface area contributed by atoms with E-state index in [9.17, 15) is 0 Å². The third kappa shape index (κ3) is 2.51. The Hall–Kier alpha value is 0.310. The molecule has 10 heavy (non-hydrogen) atoms. The first-order chi connectivity index (χ1) is 4.83. The van der Waals surface area contributed by atoms with Crippen molar-refractivity contribution in [2.24, 2.45) is 0 Å². The molecule has 0 saturated carbocycles. The standard InChI is InChI=1S/C8H16OS/c1-3-4-8-5-6-9-7(2)10-8/h7-8H,3-6H2,1-2H3/t7-,8+/m1/s1. The summed E-state index contributed by atoms with van der Waals surface area (Å²) in [6.45, 7) is 5.37. The van der Waals surface area contributed by atoms with Gasteiger partial charge < -0.3 is 4.74 Å². The lowest BCUT2D eigenvalue weighted by Crippen LogP contribution is -2.20. The van der Waals surface area contributed by atoms with Gasteiger partial charge >= 0.3 is 0 Å². The van der Waals surface area contributed by atoms with E-state index in [1.54, 1.807) is 0 Å². The van der Waals surface area contributed by atoms with Gasteiger partial charge in [-0.15, -0.1) is 11.8 Å². The van der Waals surface area contributed by atoms with Crippen LogP contribution in [0.1, 0.15) is 33.1 Å². The second kappa shape index (κ2) is 4.24. The highest BCUT2D eigenvalue weighted by Gasteiger charge is 2.18. The Morgan fingerprint density at radius 1 is 1.60 bits per heavy atom. The predicted octanol–water partition coefficient (Wildman–Crippen LogP) is 2.65. The van der Waals surface area contributed by atoms with Crippen LogP contribution in [0.15, 0.2) is 0 Å². The lowest BCUT2D eigenvalue weighted by molar-refractivity contribution is 0.110. The first-order valence-corrected chi connectivity index (χ1v) is 5.04. The van der Waals surface area contributed by atoms with Crippen molar-refractivity contribution in [2.45, 2.75) is 43.8 Å². The van der Waals surface area contributed by atoms with Crippen LogP contribution in [0, 0.1) is 0 Å². The summed E-state index contributed by atoms with van der Waals surface area (Å²) >= 11 is 1.99. The maximum atomic E-state index is 5.42. The molecule has 1 saturated heterocycles. The Kier molecular flexibility index (Phi) is 3.57. The Balaban J connectivity index is 2.18. The molecule has 2 atom stereocenters. The smallest absolute Gasteiger partial charge is 0.100 e. The molecule has 0 spiro atoms. The van der Waals surface area contributed by atoms with E-state index in [0.29, 0.717) is 5.44 Å². The van der Waals surface area contributed by atoms with Crippen LogP contribution in [0.25, 0.3) is 0 Å². The third-order valence-corrected chi connectivity index (χ3v) is 3.16. The second-order valence-corrected chi connectivity index (χ2v) is 4.38. The summed E-state index contributed by atoms with van der Waals surface area (Å²) < 4.78 is 5.42. The molecule has 0 aromatic rings. The molecule has 0 aromatic carbocycles. The van der Waals surface area contributed by atoms with Crippen molar-refractivity contribution >= 4 is 11.8 Å². The molecule has 1 fully saturated rings. The number of hydrogen-bond acceptors (Lipinski definition) is 2. The van der Waals surface area contributed by atoms with Crippen molar-refractivity contribution in [1.82, 2.24) is 0 Å². The molecular formula is C8H16OS. The van der Waals surface area contributed by atoms with E-state index >= 15 is 0 Å². The number of ether oxygens (including phenoxy) is 1. The van der Waals surface area contributed by atoms with E-state index in [4.69, 9.17) is 4.74 Å². The van der Waals surface area contributed by atoms with E-state index < -0.39 is 0 Å². The first kappa shape index (κ1) is 8.41. The fourth-order valence-corrected chi connectivity index (χ4v) is 2.60. The zero-order valence-electron chi connectivity index (χ0n) is 6.80. The molecule has 1 nitrogen and oxygen atoms in total. The molecule has 1 rings (SSSR count). The first-order valence-electron chi connectivity index (χ1n) is 4.10. The van der Waals surface area contributed by atoms with Crippen molar-refractivity contribution in [1.29, 1.82) is 0 Å². The minimum atomic E-state index is 0.435. The molecule has 1 aliphatic heterocycles. The van der Waals surface area contributed by atoms with Crippen molar-refractivity contribution < 1.29 is 4.74 Å². The summed E-state index contributed by atoms with van der Waals surface area (Å²) in [5, 5.41) is 0.869. The van der Waals surface area contributed by atoms with Gasteiger partial charge in [0.15, 0.2) is 0 Å². The van der Waals surface area contributed by atoms with Gasteiger partial charge in [0.1, 0.15) is 5.44 Å². The molecule has 0 aliphatic carbocycles. The normalized spacial score (nSPS) is 34.2. The highest BCUT2D eigenvalue weighted by atomic mass is 32.2. The van der Waals surface area contributed by atoms with Gasteiger partial charge in [-0.1, -0.05) is 13.3 Å². The Morgan fingerprint density at radius 2 is 2.40 bits per heavy atom. The summed E-state index contributed by atoms with van der Waals surface area (Å²) in [4.78, 5) is 0. The highest BCUT2D eigenvalue weighted by Crippen LogP contribution is 2.29. The van der Waals surface area contributed by atoms with Gasteiger partial charge in [-0.3, -0.25) is 0 Å². The van der Waals surface area contributed by atoms with Crippen LogP contribution in [0.2, 0.25) is 0 Å². The van der Waals surface area contributed by atoms with Gasteiger partial charge in [-0.25, -0.2) is 0 Å². The van der Waals surface area contributed by atoms with Crippen LogP contribution in [0.3, 0.4) is 0 Å². The van der Waals surface area contributed by atoms with E-state index in [1.165, 1.54) is 19.3 Å². The SMILES string of the molecule is CCC[C@H]1CCO[C@@H](C)S1. The Bertz CT molecular complexity index is 93.3. The summed E-state index contributed by atoms with van der Waals surface area (Å²) in [5.74, 6) is 0. The van der Waals surface area contributed by atoms with Gasteiger partial charge in [0, 0.05) is 11.9 Å². The second-order valence-electron chi connectivity index (χ2n) is 2.77. The Morgan fingerprint density at radius 3 is 3.00 bits per heavy atom. The average Bonchev–Trinajstić information content (AvgIpc) is 1.88. The molecule has 1 heterocycles. The summed E-state index contributed by atoms with van der Waals surface area (Å²) in [7, 11) is 0. The molecule has 2 heteroatoms. The van der Waals surface area contributed by atoms with Crippen molar-refractivity contribution in [3.8, 4) is 0 Å². The molecule has 0 radical (unpaired) electrons. The van der Waals surface area contributed by atoms with E-state index in [1.807, 2.05) is 11.8 Å². The van der Waals surface area contributed by atoms with Gasteiger partial charge in [0.2, 0.25) is 0 Å². The molecule has 60 valence electrons. The van der Waals surface area contributed by atoms with E-state index in [0.717, 1.165) is 11.9 Å². The van der Waals surface area contributed by atoms with Crippen LogP contribution < -0.4 is 0 Å². The van der Waals surface area contributed by atoms with E-state index in [2.05, 4.69) is 13.8 Å². The van der Waals surface area contributed by atoms with Crippen LogP contribution in [-0.4, -0.2) is 17.3 Å². The molecule has 0 bridgehead atoms. The van der Waals surface area contributed by atoms with Gasteiger partial charge in [-0.05, 0) is 19.8 Å². The quantitative estimate of drug-likeness (QED) is 0.614. The monoisotopic (exact) mass is 160 g/mol. The molecule has 0 aromatic heterocycles. The fourth-order valence-electron chi connectivity index (χ4n) is 1.28. The zero-order chi connectivity index (χ0) is 7.40. The number of thioether (sulfide) groups is 1. The minimum Gasteiger partial charge on any atom is -0.368 e. The topological polar surface area (TPSA) is 9.23 Å². The maximum absolute atomic E-state index is 5.42. The highest BCUT2D eigenvalue weighted by molar-refractivity contribution is 8.00. The van der Waals surface area contributed by atoms with Crippen LogP contribution >= 0.6 is 11.8 Å². The fraction of sp³-hybridized carbons (Fsp3) is 1.00. The lowest BCUT2D eigenvalue weighted by Gasteiger charge is -2.26. The zero-order valence-corrected chi connectivity index (χ0v) is 7.62. The molecular weight excluding hydrogens is 144 g/mol. The van der Waals surface area contributed by atoms with Gasteiger partial charge in [0.05, 0.1) is 0 Å². The van der Waals surface area contributed by atoms with Crippen molar-refractivity contribution in [3.05, 3.63) is 0 Å². The summed E-state index contributed by atoms with van der Waals surface area (Å²) in [6.07, 6.45) is 3.92. The predicted molar refractivity (Wildman–Crippen MR) is 46.3 cm³/mol. The number of hydrogen-bond donors (Lipinski definition) is 0. The Labute approximate surface area is 67.5 Å². The maximum Gasteiger partial charge on any atom is 0.100 e. The van der Waals surface area contributed by atoms with Crippen LogP contribution in [-0.2, 0) is 4.74 Å². The lowest BCUT2D eigenvalue weighted by atomic mass is 10.2. The van der Waals surface area contributed by atoms with Crippen LogP contribution in [0.5, 0.6) is 0 Å². The minimum absolute atomic E-state index is 0.435. The average molecular weight is 160 g/mol. The van der Waals surface area contributed by atoms with Gasteiger partial charge in [-0.2, -0.15) is 0 Å². The van der Waals surface area contributed by atoms with Gasteiger partial charge in [0.25, 0.3) is 0 Å². The van der Waals surface area contributed by atoms with E-state index in [-0.39, 0.29) is 0 Å². The van der Waals surface area contributed by atoms with Crippen LogP contribution in [0.4, 0.5) is 0 Å². The summed E-state index contributed by atoms with van der Waals surface area (Å²) in [5.41, 5.74) is 0.435. The molecule has 0 unspecified atom stereocenters. The molecule has 0 N–H and O–H groups in total.